The van der Waals surface area contributed by atoms with Gasteiger partial charge in [0.25, 0.3) is 5.91 Å². The summed E-state index contributed by atoms with van der Waals surface area (Å²) < 4.78 is 1.63. The van der Waals surface area contributed by atoms with Gasteiger partial charge in [-0.2, -0.15) is 5.10 Å². The number of benzene rings is 2. The fraction of sp³-hybridized carbons (Fsp3) is 0.261. The molecular formula is C23H24Cl3N5O2. The van der Waals surface area contributed by atoms with Crippen molar-refractivity contribution in [3.05, 3.63) is 68.8 Å². The van der Waals surface area contributed by atoms with Gasteiger partial charge in [-0.05, 0) is 50.2 Å². The van der Waals surface area contributed by atoms with Crippen LogP contribution in [0.2, 0.25) is 15.1 Å². The van der Waals surface area contributed by atoms with E-state index in [9.17, 15) is 9.59 Å². The second-order valence-corrected chi connectivity index (χ2v) is 8.61. The van der Waals surface area contributed by atoms with Gasteiger partial charge in [-0.1, -0.05) is 46.9 Å². The van der Waals surface area contributed by atoms with Gasteiger partial charge < -0.3 is 16.4 Å². The summed E-state index contributed by atoms with van der Waals surface area (Å²) in [5.41, 5.74) is 8.44. The Bertz CT molecular complexity index is 1150. The number of nitrogens with one attached hydrogen (secondary N) is 2. The molecular weight excluding hydrogens is 485 g/mol. The van der Waals surface area contributed by atoms with Gasteiger partial charge in [0.05, 0.1) is 16.4 Å². The van der Waals surface area contributed by atoms with Crippen LogP contribution >= 0.6 is 34.8 Å². The number of hydrogen-bond acceptors (Lipinski definition) is 4. The summed E-state index contributed by atoms with van der Waals surface area (Å²) in [5.74, 6) is -0.458. The lowest BCUT2D eigenvalue weighted by Crippen LogP contribution is -2.35. The molecule has 1 heterocycles. The lowest BCUT2D eigenvalue weighted by molar-refractivity contribution is -0.121. The van der Waals surface area contributed by atoms with Crippen LogP contribution in [-0.4, -0.2) is 41.2 Å². The number of carbonyl (C=O) groups is 2. The largest absolute Gasteiger partial charge is 0.354 e. The first-order valence-electron chi connectivity index (χ1n) is 10.4. The Morgan fingerprint density at radius 2 is 1.67 bits per heavy atom. The summed E-state index contributed by atoms with van der Waals surface area (Å²) in [7, 11) is 0. The number of aromatic nitrogens is 2. The van der Waals surface area contributed by atoms with Crippen LogP contribution in [0.15, 0.2) is 42.5 Å². The maximum absolute atomic E-state index is 12.9. The van der Waals surface area contributed by atoms with E-state index < -0.39 is 0 Å². The van der Waals surface area contributed by atoms with Crippen molar-refractivity contribution in [1.29, 1.82) is 0 Å². The molecule has 0 aliphatic carbocycles. The number of rotatable bonds is 9. The molecule has 2 aromatic carbocycles. The van der Waals surface area contributed by atoms with E-state index in [2.05, 4.69) is 15.7 Å². The average molecular weight is 509 g/mol. The molecule has 7 nitrogen and oxygen atoms in total. The Hall–Kier alpha value is -2.58. The van der Waals surface area contributed by atoms with Crippen LogP contribution in [0.1, 0.15) is 28.9 Å². The fourth-order valence-corrected chi connectivity index (χ4v) is 3.91. The average Bonchev–Trinajstić information content (AvgIpc) is 3.12. The molecule has 10 heteroatoms. The van der Waals surface area contributed by atoms with Gasteiger partial charge in [-0.3, -0.25) is 9.59 Å². The van der Waals surface area contributed by atoms with Gasteiger partial charge in [-0.15, -0.1) is 0 Å². The number of hydrogen-bond donors (Lipinski definition) is 3. The maximum atomic E-state index is 12.9. The summed E-state index contributed by atoms with van der Waals surface area (Å²) in [6.07, 6.45) is 0.982. The van der Waals surface area contributed by atoms with Gasteiger partial charge in [0.2, 0.25) is 5.91 Å². The van der Waals surface area contributed by atoms with Crippen molar-refractivity contribution in [3.8, 4) is 16.9 Å². The first-order chi connectivity index (χ1) is 15.8. The summed E-state index contributed by atoms with van der Waals surface area (Å²) in [4.78, 5) is 24.6. The predicted octanol–water partition coefficient (Wildman–Crippen LogP) is 4.39. The topological polar surface area (TPSA) is 102 Å². The molecule has 0 aliphatic rings. The van der Waals surface area contributed by atoms with Crippen molar-refractivity contribution in [2.75, 3.05) is 19.6 Å². The summed E-state index contributed by atoms with van der Waals surface area (Å²) >= 11 is 18.6. The maximum Gasteiger partial charge on any atom is 0.272 e. The minimum absolute atomic E-state index is 0.0995. The zero-order valence-corrected chi connectivity index (χ0v) is 20.3. The Morgan fingerprint density at radius 1 is 1.00 bits per heavy atom. The van der Waals surface area contributed by atoms with Crippen LogP contribution in [0.5, 0.6) is 0 Å². The van der Waals surface area contributed by atoms with Gasteiger partial charge in [0, 0.05) is 40.7 Å². The minimum Gasteiger partial charge on any atom is -0.354 e. The Balaban J connectivity index is 1.87. The molecule has 0 unspecified atom stereocenters. The minimum atomic E-state index is -0.359. The van der Waals surface area contributed by atoms with E-state index in [4.69, 9.17) is 40.5 Å². The Labute approximate surface area is 207 Å². The highest BCUT2D eigenvalue weighted by Gasteiger charge is 2.23. The van der Waals surface area contributed by atoms with Gasteiger partial charge in [-0.25, -0.2) is 4.68 Å². The molecule has 33 heavy (non-hydrogen) atoms. The molecule has 1 aromatic heterocycles. The van der Waals surface area contributed by atoms with E-state index in [1.807, 2.05) is 19.1 Å². The third-order valence-electron chi connectivity index (χ3n) is 4.93. The van der Waals surface area contributed by atoms with Crippen molar-refractivity contribution in [1.82, 2.24) is 20.4 Å². The zero-order chi connectivity index (χ0) is 24.0. The van der Waals surface area contributed by atoms with Gasteiger partial charge >= 0.3 is 0 Å². The van der Waals surface area contributed by atoms with E-state index in [-0.39, 0.29) is 24.1 Å². The summed E-state index contributed by atoms with van der Waals surface area (Å²) in [5, 5.41) is 11.6. The number of nitrogens with zero attached hydrogens (tertiary/aromatic N) is 2. The molecule has 0 saturated heterocycles. The molecule has 2 amide bonds. The molecule has 174 valence electrons. The quantitative estimate of drug-likeness (QED) is 0.373. The second-order valence-electron chi connectivity index (χ2n) is 7.33. The molecule has 4 N–H and O–H groups in total. The predicted molar refractivity (Wildman–Crippen MR) is 132 cm³/mol. The Morgan fingerprint density at radius 3 is 2.33 bits per heavy atom. The van der Waals surface area contributed by atoms with Crippen LogP contribution in [0.3, 0.4) is 0 Å². The highest BCUT2D eigenvalue weighted by Crippen LogP contribution is 2.33. The first-order valence-corrected chi connectivity index (χ1v) is 11.5. The van der Waals surface area contributed by atoms with Crippen molar-refractivity contribution < 1.29 is 9.59 Å². The van der Waals surface area contributed by atoms with Crippen molar-refractivity contribution in [3.63, 3.8) is 0 Å². The molecule has 0 atom stereocenters. The van der Waals surface area contributed by atoms with Crippen LogP contribution in [0.4, 0.5) is 0 Å². The SMILES string of the molecule is Cc1c(C(=O)NCCNC(=O)CCCN)nn(-c2ccc(Cl)cc2Cl)c1-c1ccc(Cl)cc1. The van der Waals surface area contributed by atoms with Crippen molar-refractivity contribution in [2.45, 2.75) is 19.8 Å². The normalized spacial score (nSPS) is 10.8. The molecule has 0 fully saturated rings. The standard InChI is InChI=1S/C23H24Cl3N5O2/c1-14-21(23(33)29-12-11-28-20(32)3-2-10-27)30-31(19-9-8-17(25)13-18(19)26)22(14)15-4-6-16(24)7-5-15/h4-9,13H,2-3,10-12,27H2,1H3,(H,28,32)(H,29,33). The van der Waals surface area contributed by atoms with E-state index in [1.54, 1.807) is 35.0 Å². The highest BCUT2D eigenvalue weighted by atomic mass is 35.5. The first kappa shape index (κ1) is 25.1. The van der Waals surface area contributed by atoms with Crippen LogP contribution < -0.4 is 16.4 Å². The lowest BCUT2D eigenvalue weighted by atomic mass is 10.1. The molecule has 0 saturated carbocycles. The summed E-state index contributed by atoms with van der Waals surface area (Å²) in [6, 6.07) is 12.3. The third-order valence-corrected chi connectivity index (χ3v) is 5.72. The molecule has 0 aliphatic heterocycles. The van der Waals surface area contributed by atoms with Crippen molar-refractivity contribution in [2.24, 2.45) is 5.73 Å². The molecule has 0 radical (unpaired) electrons. The van der Waals surface area contributed by atoms with Crippen LogP contribution in [0, 0.1) is 6.92 Å². The third kappa shape index (κ3) is 6.26. The highest BCUT2D eigenvalue weighted by molar-refractivity contribution is 6.35. The van der Waals surface area contributed by atoms with Crippen molar-refractivity contribution >= 4 is 46.6 Å². The number of carbonyl (C=O) groups excluding carboxylic acids is 2. The lowest BCUT2D eigenvalue weighted by Gasteiger charge is -2.11. The van der Waals surface area contributed by atoms with Gasteiger partial charge in [0.1, 0.15) is 0 Å². The number of amides is 2. The van der Waals surface area contributed by atoms with E-state index in [0.717, 1.165) is 5.56 Å². The summed E-state index contributed by atoms with van der Waals surface area (Å²) in [6.45, 7) is 2.85. The van der Waals surface area contributed by atoms with E-state index in [1.165, 1.54) is 0 Å². The van der Waals surface area contributed by atoms with Crippen LogP contribution in [-0.2, 0) is 4.79 Å². The smallest absolute Gasteiger partial charge is 0.272 e. The number of nitrogens with two attached hydrogens (primary N) is 1. The number of halogens is 3. The zero-order valence-electron chi connectivity index (χ0n) is 18.0. The fourth-order valence-electron chi connectivity index (χ4n) is 3.30. The van der Waals surface area contributed by atoms with E-state index >= 15 is 0 Å². The molecule has 3 aromatic rings. The van der Waals surface area contributed by atoms with Crippen LogP contribution in [0.25, 0.3) is 16.9 Å². The monoisotopic (exact) mass is 507 g/mol. The molecule has 0 bridgehead atoms. The van der Waals surface area contributed by atoms with E-state index in [0.29, 0.717) is 57.9 Å². The van der Waals surface area contributed by atoms with Gasteiger partial charge in [0.15, 0.2) is 5.69 Å². The second kappa shape index (κ2) is 11.5. The Kier molecular flexibility index (Phi) is 8.74. The molecule has 3 rings (SSSR count). The molecule has 0 spiro atoms.